The van der Waals surface area contributed by atoms with Crippen LogP contribution in [0.15, 0.2) is 35.5 Å². The summed E-state index contributed by atoms with van der Waals surface area (Å²) in [7, 11) is 3.03. The third-order valence-electron chi connectivity index (χ3n) is 4.43. The van der Waals surface area contributed by atoms with Crippen LogP contribution in [0, 0.1) is 5.92 Å². The number of nitrogens with zero attached hydrogens (tertiary/aromatic N) is 3. The van der Waals surface area contributed by atoms with Crippen LogP contribution < -0.4 is 15.4 Å². The third-order valence-corrected chi connectivity index (χ3v) is 4.43. The lowest BCUT2D eigenvalue weighted by molar-refractivity contribution is -0.142. The van der Waals surface area contributed by atoms with Gasteiger partial charge < -0.3 is 15.4 Å². The highest BCUT2D eigenvalue weighted by atomic mass is 127. The minimum atomic E-state index is -4.49. The summed E-state index contributed by atoms with van der Waals surface area (Å²) in [5.41, 5.74) is 0.131. The van der Waals surface area contributed by atoms with Crippen molar-refractivity contribution in [1.82, 2.24) is 20.4 Å². The molecule has 29 heavy (non-hydrogen) atoms. The smallest absolute Gasteiger partial charge is 0.435 e. The van der Waals surface area contributed by atoms with Gasteiger partial charge in [0.1, 0.15) is 5.75 Å². The molecule has 0 saturated heterocycles. The summed E-state index contributed by atoms with van der Waals surface area (Å²) >= 11 is 0. The van der Waals surface area contributed by atoms with Crippen molar-refractivity contribution in [3.63, 3.8) is 0 Å². The summed E-state index contributed by atoms with van der Waals surface area (Å²) in [4.78, 5) is 4.08. The van der Waals surface area contributed by atoms with Crippen LogP contribution in [-0.4, -0.2) is 29.4 Å². The molecule has 10 heteroatoms. The molecule has 2 aromatic rings. The van der Waals surface area contributed by atoms with E-state index in [0.29, 0.717) is 25.0 Å². The molecule has 2 N–H and O–H groups in total. The first-order valence-electron chi connectivity index (χ1n) is 9.11. The second-order valence-corrected chi connectivity index (χ2v) is 6.82. The van der Waals surface area contributed by atoms with E-state index in [1.807, 2.05) is 24.3 Å². The number of rotatable bonds is 7. The zero-order chi connectivity index (χ0) is 20.1. The summed E-state index contributed by atoms with van der Waals surface area (Å²) in [5, 5.41) is 9.53. The largest absolute Gasteiger partial charge is 0.493 e. The number of nitrogens with one attached hydrogen (secondary N) is 2. The summed E-state index contributed by atoms with van der Waals surface area (Å²) in [6.45, 7) is 1.12. The lowest BCUT2D eigenvalue weighted by atomic mass is 10.2. The Morgan fingerprint density at radius 2 is 1.86 bits per heavy atom. The van der Waals surface area contributed by atoms with Gasteiger partial charge in [-0.25, -0.2) is 0 Å². The predicted octanol–water partition coefficient (Wildman–Crippen LogP) is 3.71. The van der Waals surface area contributed by atoms with Crippen LogP contribution in [0.1, 0.15) is 29.7 Å². The van der Waals surface area contributed by atoms with Crippen LogP contribution in [0.5, 0.6) is 5.75 Å². The molecule has 0 bridgehead atoms. The van der Waals surface area contributed by atoms with E-state index in [2.05, 4.69) is 20.7 Å². The molecule has 0 radical (unpaired) electrons. The molecule has 1 aliphatic carbocycles. The van der Waals surface area contributed by atoms with E-state index < -0.39 is 11.9 Å². The van der Waals surface area contributed by atoms with Crippen molar-refractivity contribution in [3.8, 4) is 5.75 Å². The van der Waals surface area contributed by atoms with Gasteiger partial charge in [0.05, 0.1) is 6.61 Å². The summed E-state index contributed by atoms with van der Waals surface area (Å²) < 4.78 is 46.2. The molecule has 1 aliphatic rings. The zero-order valence-electron chi connectivity index (χ0n) is 16.3. The Morgan fingerprint density at radius 3 is 2.48 bits per heavy atom. The number of aromatic nitrogens is 2. The highest BCUT2D eigenvalue weighted by Gasteiger charge is 2.36. The van der Waals surface area contributed by atoms with Gasteiger partial charge in [-0.2, -0.15) is 18.3 Å². The van der Waals surface area contributed by atoms with Crippen molar-refractivity contribution < 1.29 is 17.9 Å². The maximum atomic E-state index is 13.1. The van der Waals surface area contributed by atoms with E-state index in [1.54, 1.807) is 7.05 Å². The normalized spacial score (nSPS) is 14.3. The fraction of sp³-hybridized carbons (Fsp3) is 0.474. The molecule has 0 atom stereocenters. The number of para-hydroxylation sites is 1. The van der Waals surface area contributed by atoms with Crippen LogP contribution in [-0.2, 0) is 26.3 Å². The highest BCUT2D eigenvalue weighted by Crippen LogP contribution is 2.31. The molecular formula is C19H25F3IN5O. The molecule has 6 nitrogen and oxygen atoms in total. The molecule has 1 fully saturated rings. The highest BCUT2D eigenvalue weighted by molar-refractivity contribution is 14.0. The SMILES string of the molecule is CN=C(NCc1ccccc1OCC1CC1)NCc1cn(C)nc1C(F)(F)F.I. The lowest BCUT2D eigenvalue weighted by Gasteiger charge is -2.15. The fourth-order valence-electron chi connectivity index (χ4n) is 2.77. The Hall–Kier alpha value is -1.98. The molecule has 1 saturated carbocycles. The molecule has 0 aliphatic heterocycles. The van der Waals surface area contributed by atoms with Gasteiger partial charge >= 0.3 is 6.18 Å². The molecule has 0 spiro atoms. The van der Waals surface area contributed by atoms with Gasteiger partial charge in [0, 0.05) is 44.5 Å². The molecule has 160 valence electrons. The minimum Gasteiger partial charge on any atom is -0.493 e. The van der Waals surface area contributed by atoms with Crippen molar-refractivity contribution in [2.45, 2.75) is 32.1 Å². The number of guanidine groups is 1. The van der Waals surface area contributed by atoms with Crippen molar-refractivity contribution in [2.75, 3.05) is 13.7 Å². The second kappa shape index (κ2) is 10.2. The van der Waals surface area contributed by atoms with E-state index in [-0.39, 0.29) is 36.1 Å². The Balaban J connectivity index is 0.00000300. The maximum Gasteiger partial charge on any atom is 0.435 e. The number of aliphatic imine (C=N–C) groups is 1. The third kappa shape index (κ3) is 6.79. The van der Waals surface area contributed by atoms with E-state index in [1.165, 1.54) is 26.1 Å². The average molecular weight is 523 g/mol. The van der Waals surface area contributed by atoms with E-state index in [4.69, 9.17) is 4.74 Å². The Bertz CT molecular complexity index is 833. The molecular weight excluding hydrogens is 498 g/mol. The number of hydrogen-bond donors (Lipinski definition) is 2. The van der Waals surface area contributed by atoms with Gasteiger partial charge in [-0.15, -0.1) is 24.0 Å². The number of benzene rings is 1. The van der Waals surface area contributed by atoms with Crippen LogP contribution >= 0.6 is 24.0 Å². The molecule has 0 amide bonds. The van der Waals surface area contributed by atoms with Gasteiger partial charge in [0.15, 0.2) is 11.7 Å². The van der Waals surface area contributed by atoms with Gasteiger partial charge in [-0.05, 0) is 24.8 Å². The topological polar surface area (TPSA) is 63.5 Å². The van der Waals surface area contributed by atoms with Gasteiger partial charge in [0.2, 0.25) is 0 Å². The molecule has 0 unspecified atom stereocenters. The Kier molecular flexibility index (Phi) is 8.17. The molecule has 1 aromatic heterocycles. The summed E-state index contributed by atoms with van der Waals surface area (Å²) in [6.07, 6.45) is -0.715. The summed E-state index contributed by atoms with van der Waals surface area (Å²) in [5.74, 6) is 1.86. The Labute approximate surface area is 184 Å². The molecule has 1 aromatic carbocycles. The Morgan fingerprint density at radius 1 is 1.21 bits per heavy atom. The van der Waals surface area contributed by atoms with Crippen molar-refractivity contribution >= 4 is 29.9 Å². The van der Waals surface area contributed by atoms with E-state index >= 15 is 0 Å². The maximum absolute atomic E-state index is 13.1. The quantitative estimate of drug-likeness (QED) is 0.330. The van der Waals surface area contributed by atoms with Crippen molar-refractivity contribution in [3.05, 3.63) is 47.3 Å². The number of alkyl halides is 3. The van der Waals surface area contributed by atoms with Gasteiger partial charge in [-0.3, -0.25) is 9.67 Å². The molecule has 1 heterocycles. The van der Waals surface area contributed by atoms with Crippen LogP contribution in [0.3, 0.4) is 0 Å². The number of aryl methyl sites for hydroxylation is 1. The van der Waals surface area contributed by atoms with Gasteiger partial charge in [-0.1, -0.05) is 18.2 Å². The minimum absolute atomic E-state index is 0. The number of ether oxygens (including phenoxy) is 1. The van der Waals surface area contributed by atoms with Gasteiger partial charge in [0.25, 0.3) is 0 Å². The number of hydrogen-bond acceptors (Lipinski definition) is 3. The van der Waals surface area contributed by atoms with Crippen LogP contribution in [0.4, 0.5) is 13.2 Å². The fourth-order valence-corrected chi connectivity index (χ4v) is 2.77. The number of halogens is 4. The first-order chi connectivity index (χ1) is 13.4. The predicted molar refractivity (Wildman–Crippen MR) is 115 cm³/mol. The van der Waals surface area contributed by atoms with Crippen LogP contribution in [0.25, 0.3) is 0 Å². The van der Waals surface area contributed by atoms with E-state index in [9.17, 15) is 13.2 Å². The first-order valence-corrected chi connectivity index (χ1v) is 9.11. The lowest BCUT2D eigenvalue weighted by Crippen LogP contribution is -2.36. The van der Waals surface area contributed by atoms with Crippen molar-refractivity contribution in [2.24, 2.45) is 18.0 Å². The zero-order valence-corrected chi connectivity index (χ0v) is 18.6. The van der Waals surface area contributed by atoms with Crippen LogP contribution in [0.2, 0.25) is 0 Å². The average Bonchev–Trinajstić information content (AvgIpc) is 3.40. The van der Waals surface area contributed by atoms with Crippen molar-refractivity contribution in [1.29, 1.82) is 0 Å². The second-order valence-electron chi connectivity index (χ2n) is 6.82. The molecule has 3 rings (SSSR count). The summed E-state index contributed by atoms with van der Waals surface area (Å²) in [6, 6.07) is 7.70. The monoisotopic (exact) mass is 523 g/mol. The standard InChI is InChI=1S/C19H24F3N5O.HI/c1-23-18(25-10-15-11-27(2)26-17(15)19(20,21)22)24-9-14-5-3-4-6-16(14)28-12-13-7-8-13;/h3-6,11,13H,7-10,12H2,1-2H3,(H2,23,24,25);1H. The van der Waals surface area contributed by atoms with E-state index in [0.717, 1.165) is 16.0 Å². The first kappa shape index (κ1) is 23.3.